The van der Waals surface area contributed by atoms with Crippen molar-refractivity contribution < 1.29 is 18.0 Å². The third-order valence-corrected chi connectivity index (χ3v) is 3.28. The van der Waals surface area contributed by atoms with Crippen LogP contribution in [0.4, 0.5) is 24.8 Å². The van der Waals surface area contributed by atoms with Gasteiger partial charge in [0, 0.05) is 18.4 Å². The Kier molecular flexibility index (Phi) is 5.61. The van der Waals surface area contributed by atoms with E-state index in [0.717, 1.165) is 18.6 Å². The number of carbonyl (C=O) groups excluding carboxylic acids is 1. The highest BCUT2D eigenvalue weighted by atomic mass is 35.5. The molecule has 0 saturated heterocycles. The average Bonchev–Trinajstić information content (AvgIpc) is 2.54. The molecule has 128 valence electrons. The summed E-state index contributed by atoms with van der Waals surface area (Å²) in [5.74, 6) is -0.371. The second kappa shape index (κ2) is 7.48. The molecule has 0 radical (unpaired) electrons. The lowest BCUT2D eigenvalue weighted by Crippen LogP contribution is -2.16. The van der Waals surface area contributed by atoms with Gasteiger partial charge in [0.2, 0.25) is 5.95 Å². The van der Waals surface area contributed by atoms with E-state index in [1.54, 1.807) is 0 Å². The molecular weight excluding hydrogens is 345 g/mol. The smallest absolute Gasteiger partial charge is 0.354 e. The maximum Gasteiger partial charge on any atom is 0.417 e. The van der Waals surface area contributed by atoms with Crippen molar-refractivity contribution in [2.24, 2.45) is 0 Å². The van der Waals surface area contributed by atoms with E-state index >= 15 is 0 Å². The van der Waals surface area contributed by atoms with Crippen LogP contribution in [-0.4, -0.2) is 22.4 Å². The predicted molar refractivity (Wildman–Crippen MR) is 85.2 cm³/mol. The summed E-state index contributed by atoms with van der Waals surface area (Å²) >= 11 is 5.54. The zero-order valence-electron chi connectivity index (χ0n) is 12.6. The number of nitrogens with one attached hydrogen (secondary N) is 2. The molecule has 0 aliphatic rings. The Morgan fingerprint density at radius 1 is 1.29 bits per heavy atom. The molecule has 5 nitrogen and oxygen atoms in total. The van der Waals surface area contributed by atoms with Crippen LogP contribution in [0, 0.1) is 0 Å². The fourth-order valence-corrected chi connectivity index (χ4v) is 2.05. The van der Waals surface area contributed by atoms with Crippen molar-refractivity contribution in [3.8, 4) is 0 Å². The molecule has 0 saturated carbocycles. The first-order valence-electron chi connectivity index (χ1n) is 7.06. The van der Waals surface area contributed by atoms with Crippen molar-refractivity contribution in [1.29, 1.82) is 0 Å². The molecule has 0 unspecified atom stereocenters. The topological polar surface area (TPSA) is 66.9 Å². The van der Waals surface area contributed by atoms with E-state index in [2.05, 4.69) is 20.6 Å². The summed E-state index contributed by atoms with van der Waals surface area (Å²) in [6, 6.07) is 4.51. The Morgan fingerprint density at radius 2 is 2.04 bits per heavy atom. The first kappa shape index (κ1) is 18.0. The Balaban J connectivity index is 2.18. The van der Waals surface area contributed by atoms with Gasteiger partial charge < -0.3 is 10.6 Å². The van der Waals surface area contributed by atoms with Gasteiger partial charge in [0.1, 0.15) is 5.69 Å². The minimum atomic E-state index is -4.61. The molecule has 1 aromatic heterocycles. The average molecular weight is 359 g/mol. The molecule has 2 N–H and O–H groups in total. The fraction of sp³-hybridized carbons (Fsp3) is 0.267. The van der Waals surface area contributed by atoms with Gasteiger partial charge in [0.25, 0.3) is 5.91 Å². The maximum atomic E-state index is 12.8. The van der Waals surface area contributed by atoms with E-state index in [-0.39, 0.29) is 17.3 Å². The number of amides is 1. The number of anilines is 2. The van der Waals surface area contributed by atoms with E-state index in [1.807, 2.05) is 6.92 Å². The van der Waals surface area contributed by atoms with Gasteiger partial charge in [-0.25, -0.2) is 9.97 Å². The van der Waals surface area contributed by atoms with Crippen molar-refractivity contribution in [1.82, 2.24) is 9.97 Å². The van der Waals surface area contributed by atoms with Crippen molar-refractivity contribution in [2.75, 3.05) is 17.2 Å². The zero-order chi connectivity index (χ0) is 17.7. The first-order valence-corrected chi connectivity index (χ1v) is 7.44. The fourth-order valence-electron chi connectivity index (χ4n) is 1.82. The van der Waals surface area contributed by atoms with Gasteiger partial charge in [-0.05, 0) is 30.7 Å². The van der Waals surface area contributed by atoms with Crippen molar-refractivity contribution in [3.05, 3.63) is 46.7 Å². The molecular formula is C15H14ClF3N4O. The molecule has 1 amide bonds. The summed E-state index contributed by atoms with van der Waals surface area (Å²) in [5.41, 5.74) is -1.01. The molecule has 0 bridgehead atoms. The van der Waals surface area contributed by atoms with Crippen LogP contribution >= 0.6 is 11.6 Å². The molecule has 9 heteroatoms. The standard InChI is InChI=1S/C15H14ClF3N4O/c1-2-6-20-14-21-7-5-12(23-14)13(24)22-9-3-4-11(16)10(8-9)15(17,18)19/h3-5,7-8H,2,6H2,1H3,(H,22,24)(H,20,21,23). The summed E-state index contributed by atoms with van der Waals surface area (Å²) in [5, 5.41) is 4.85. The predicted octanol–water partition coefficient (Wildman–Crippen LogP) is 4.22. The molecule has 1 aromatic carbocycles. The number of hydrogen-bond donors (Lipinski definition) is 2. The summed E-state index contributed by atoms with van der Waals surface area (Å²) in [7, 11) is 0. The molecule has 0 spiro atoms. The van der Waals surface area contributed by atoms with E-state index in [0.29, 0.717) is 6.54 Å². The molecule has 1 heterocycles. The van der Waals surface area contributed by atoms with E-state index in [4.69, 9.17) is 11.6 Å². The summed E-state index contributed by atoms with van der Waals surface area (Å²) in [6.45, 7) is 2.60. The highest BCUT2D eigenvalue weighted by Crippen LogP contribution is 2.36. The van der Waals surface area contributed by atoms with Gasteiger partial charge in [-0.1, -0.05) is 18.5 Å². The number of rotatable bonds is 5. The third-order valence-electron chi connectivity index (χ3n) is 2.95. The van der Waals surface area contributed by atoms with Crippen LogP contribution in [0.15, 0.2) is 30.5 Å². The number of aromatic nitrogens is 2. The van der Waals surface area contributed by atoms with Gasteiger partial charge in [-0.3, -0.25) is 4.79 Å². The maximum absolute atomic E-state index is 12.8. The van der Waals surface area contributed by atoms with Gasteiger partial charge in [0.05, 0.1) is 10.6 Å². The van der Waals surface area contributed by atoms with Crippen molar-refractivity contribution in [2.45, 2.75) is 19.5 Å². The Hall–Kier alpha value is -2.35. The number of nitrogens with zero attached hydrogens (tertiary/aromatic N) is 2. The monoisotopic (exact) mass is 358 g/mol. The normalized spacial score (nSPS) is 11.2. The summed E-state index contributed by atoms with van der Waals surface area (Å²) in [6.07, 6.45) is -2.36. The van der Waals surface area contributed by atoms with Gasteiger partial charge in [-0.15, -0.1) is 0 Å². The highest BCUT2D eigenvalue weighted by molar-refractivity contribution is 6.31. The quantitative estimate of drug-likeness (QED) is 0.839. The van der Waals surface area contributed by atoms with Crippen LogP contribution < -0.4 is 10.6 Å². The highest BCUT2D eigenvalue weighted by Gasteiger charge is 2.33. The number of alkyl halides is 3. The van der Waals surface area contributed by atoms with Crippen molar-refractivity contribution >= 4 is 29.1 Å². The van der Waals surface area contributed by atoms with Gasteiger partial charge in [-0.2, -0.15) is 13.2 Å². The number of benzene rings is 1. The third kappa shape index (κ3) is 4.58. The second-order valence-electron chi connectivity index (χ2n) is 4.84. The summed E-state index contributed by atoms with van der Waals surface area (Å²) < 4.78 is 38.5. The molecule has 24 heavy (non-hydrogen) atoms. The SMILES string of the molecule is CCCNc1nccc(C(=O)Nc2ccc(Cl)c(C(F)(F)F)c2)n1. The molecule has 0 aliphatic carbocycles. The number of carbonyl (C=O) groups is 1. The second-order valence-corrected chi connectivity index (χ2v) is 5.25. The van der Waals surface area contributed by atoms with Crippen LogP contribution in [0.2, 0.25) is 5.02 Å². The van der Waals surface area contributed by atoms with Crippen LogP contribution in [0.5, 0.6) is 0 Å². The van der Waals surface area contributed by atoms with E-state index < -0.39 is 22.7 Å². The zero-order valence-corrected chi connectivity index (χ0v) is 13.4. The first-order chi connectivity index (χ1) is 11.3. The Morgan fingerprint density at radius 3 is 2.71 bits per heavy atom. The van der Waals surface area contributed by atoms with Crippen LogP contribution in [0.25, 0.3) is 0 Å². The number of hydrogen-bond acceptors (Lipinski definition) is 4. The van der Waals surface area contributed by atoms with Gasteiger partial charge in [0.15, 0.2) is 0 Å². The minimum Gasteiger partial charge on any atom is -0.354 e. The molecule has 0 fully saturated rings. The molecule has 0 aliphatic heterocycles. The largest absolute Gasteiger partial charge is 0.417 e. The van der Waals surface area contributed by atoms with Crippen LogP contribution in [0.1, 0.15) is 29.4 Å². The van der Waals surface area contributed by atoms with Gasteiger partial charge >= 0.3 is 6.18 Å². The number of halogens is 4. The molecule has 0 atom stereocenters. The summed E-state index contributed by atoms with van der Waals surface area (Å²) in [4.78, 5) is 20.1. The lowest BCUT2D eigenvalue weighted by molar-refractivity contribution is -0.137. The Labute approximate surface area is 141 Å². The van der Waals surface area contributed by atoms with Crippen LogP contribution in [-0.2, 0) is 6.18 Å². The van der Waals surface area contributed by atoms with E-state index in [9.17, 15) is 18.0 Å². The van der Waals surface area contributed by atoms with Crippen molar-refractivity contribution in [3.63, 3.8) is 0 Å². The molecule has 2 rings (SSSR count). The molecule has 2 aromatic rings. The van der Waals surface area contributed by atoms with Crippen LogP contribution in [0.3, 0.4) is 0 Å². The lowest BCUT2D eigenvalue weighted by Gasteiger charge is -2.12. The lowest BCUT2D eigenvalue weighted by atomic mass is 10.2. The van der Waals surface area contributed by atoms with E-state index in [1.165, 1.54) is 18.3 Å². The Bertz CT molecular complexity index is 737. The minimum absolute atomic E-state index is 0.0293.